The predicted octanol–water partition coefficient (Wildman–Crippen LogP) is 2.70. The van der Waals surface area contributed by atoms with Gasteiger partial charge in [0.05, 0.1) is 4.90 Å². The van der Waals surface area contributed by atoms with Gasteiger partial charge in [0.25, 0.3) is 0 Å². The molecule has 23 heavy (non-hydrogen) atoms. The molecule has 5 nitrogen and oxygen atoms in total. The minimum Gasteiger partial charge on any atom is -0.355 e. The third kappa shape index (κ3) is 6.12. The molecule has 0 bridgehead atoms. The highest BCUT2D eigenvalue weighted by Crippen LogP contribution is 2.28. The zero-order chi connectivity index (χ0) is 16.7. The van der Waals surface area contributed by atoms with Gasteiger partial charge in [-0.3, -0.25) is 4.79 Å². The van der Waals surface area contributed by atoms with Crippen molar-refractivity contribution in [3.63, 3.8) is 0 Å². The lowest BCUT2D eigenvalue weighted by Gasteiger charge is -2.10. The van der Waals surface area contributed by atoms with Crippen LogP contribution >= 0.6 is 11.6 Å². The number of nitrogens with one attached hydrogen (secondary N) is 2. The molecule has 2 N–H and O–H groups in total. The monoisotopic (exact) mass is 358 g/mol. The number of benzene rings is 1. The van der Waals surface area contributed by atoms with Crippen LogP contribution in [0.2, 0.25) is 5.02 Å². The van der Waals surface area contributed by atoms with Crippen LogP contribution in [0.3, 0.4) is 0 Å². The molecule has 0 saturated heterocycles. The molecule has 0 aliphatic heterocycles. The fourth-order valence-electron chi connectivity index (χ4n) is 2.83. The summed E-state index contributed by atoms with van der Waals surface area (Å²) in [6.45, 7) is 0.438. The second-order valence-electron chi connectivity index (χ2n) is 5.89. The van der Waals surface area contributed by atoms with Gasteiger partial charge in [-0.2, -0.15) is 0 Å². The Balaban J connectivity index is 1.67. The summed E-state index contributed by atoms with van der Waals surface area (Å²) >= 11 is 5.79. The molecule has 1 aliphatic rings. The van der Waals surface area contributed by atoms with E-state index in [4.69, 9.17) is 11.6 Å². The standard InChI is InChI=1S/C16H23ClN2O3S/c17-14-6-3-7-15(12-14)23(21,22)19-11-10-18-16(20)9-8-13-4-1-2-5-13/h3,6-7,12-13,19H,1-2,4-5,8-11H2,(H,18,20). The third-order valence-electron chi connectivity index (χ3n) is 4.10. The van der Waals surface area contributed by atoms with Crippen molar-refractivity contribution in [3.8, 4) is 0 Å². The lowest BCUT2D eigenvalue weighted by Crippen LogP contribution is -2.34. The fraction of sp³-hybridized carbons (Fsp3) is 0.562. The molecule has 2 rings (SSSR count). The van der Waals surface area contributed by atoms with E-state index in [0.717, 1.165) is 6.42 Å². The number of sulfonamides is 1. The average molecular weight is 359 g/mol. The zero-order valence-corrected chi connectivity index (χ0v) is 14.6. The molecule has 0 unspecified atom stereocenters. The van der Waals surface area contributed by atoms with Crippen molar-refractivity contribution in [2.24, 2.45) is 5.92 Å². The molecule has 7 heteroatoms. The molecule has 1 aromatic rings. The van der Waals surface area contributed by atoms with E-state index in [1.54, 1.807) is 12.1 Å². The first-order valence-electron chi connectivity index (χ1n) is 7.99. The van der Waals surface area contributed by atoms with Crippen LogP contribution in [0.15, 0.2) is 29.2 Å². The second-order valence-corrected chi connectivity index (χ2v) is 8.10. The SMILES string of the molecule is O=C(CCC1CCCC1)NCCNS(=O)(=O)c1cccc(Cl)c1. The summed E-state index contributed by atoms with van der Waals surface area (Å²) in [4.78, 5) is 11.9. The number of rotatable bonds is 8. The van der Waals surface area contributed by atoms with Gasteiger partial charge in [-0.1, -0.05) is 43.4 Å². The van der Waals surface area contributed by atoms with Gasteiger partial charge in [0.15, 0.2) is 0 Å². The largest absolute Gasteiger partial charge is 0.355 e. The number of hydrogen-bond acceptors (Lipinski definition) is 3. The van der Waals surface area contributed by atoms with Gasteiger partial charge in [-0.05, 0) is 30.5 Å². The van der Waals surface area contributed by atoms with Crippen LogP contribution in [0.1, 0.15) is 38.5 Å². The van der Waals surface area contributed by atoms with Gasteiger partial charge in [-0.25, -0.2) is 13.1 Å². The molecule has 0 spiro atoms. The third-order valence-corrected chi connectivity index (χ3v) is 5.79. The van der Waals surface area contributed by atoms with Gasteiger partial charge in [-0.15, -0.1) is 0 Å². The van der Waals surface area contributed by atoms with Crippen molar-refractivity contribution in [2.75, 3.05) is 13.1 Å². The molecule has 0 aromatic heterocycles. The summed E-state index contributed by atoms with van der Waals surface area (Å²) in [5.74, 6) is 0.668. The first kappa shape index (κ1) is 18.2. The summed E-state index contributed by atoms with van der Waals surface area (Å²) in [5, 5.41) is 3.12. The van der Waals surface area contributed by atoms with Crippen LogP contribution in [0.4, 0.5) is 0 Å². The molecule has 128 valence electrons. The predicted molar refractivity (Wildman–Crippen MR) is 90.8 cm³/mol. The van der Waals surface area contributed by atoms with E-state index in [2.05, 4.69) is 10.0 Å². The molecular formula is C16H23ClN2O3S. The van der Waals surface area contributed by atoms with Gasteiger partial charge >= 0.3 is 0 Å². The first-order valence-corrected chi connectivity index (χ1v) is 9.85. The maximum absolute atomic E-state index is 12.0. The topological polar surface area (TPSA) is 75.3 Å². The van der Waals surface area contributed by atoms with Gasteiger partial charge in [0.1, 0.15) is 0 Å². The van der Waals surface area contributed by atoms with Gasteiger partial charge < -0.3 is 5.32 Å². The summed E-state index contributed by atoms with van der Waals surface area (Å²) in [6, 6.07) is 6.07. The van der Waals surface area contributed by atoms with Crippen molar-refractivity contribution >= 4 is 27.5 Å². The summed E-state index contributed by atoms with van der Waals surface area (Å²) in [6.07, 6.45) is 6.46. The molecule has 1 aromatic carbocycles. The number of carbonyl (C=O) groups is 1. The molecule has 1 fully saturated rings. The van der Waals surface area contributed by atoms with Crippen LogP contribution in [0, 0.1) is 5.92 Å². The van der Waals surface area contributed by atoms with Crippen molar-refractivity contribution in [1.29, 1.82) is 0 Å². The summed E-state index contributed by atoms with van der Waals surface area (Å²) in [5.41, 5.74) is 0. The maximum Gasteiger partial charge on any atom is 0.240 e. The Morgan fingerprint density at radius 1 is 1.22 bits per heavy atom. The van der Waals surface area contributed by atoms with E-state index in [1.807, 2.05) is 0 Å². The van der Waals surface area contributed by atoms with Crippen molar-refractivity contribution in [2.45, 2.75) is 43.4 Å². The lowest BCUT2D eigenvalue weighted by atomic mass is 10.0. The Morgan fingerprint density at radius 2 is 1.96 bits per heavy atom. The summed E-state index contributed by atoms with van der Waals surface area (Å²) < 4.78 is 26.5. The normalized spacial score (nSPS) is 15.7. The minimum atomic E-state index is -3.59. The van der Waals surface area contributed by atoms with Crippen LogP contribution < -0.4 is 10.0 Å². The van der Waals surface area contributed by atoms with Crippen molar-refractivity contribution in [1.82, 2.24) is 10.0 Å². The van der Waals surface area contributed by atoms with Crippen LogP contribution in [0.25, 0.3) is 0 Å². The lowest BCUT2D eigenvalue weighted by molar-refractivity contribution is -0.121. The maximum atomic E-state index is 12.0. The Bertz CT molecular complexity index is 628. The van der Waals surface area contributed by atoms with Crippen LogP contribution in [-0.2, 0) is 14.8 Å². The number of halogens is 1. The smallest absolute Gasteiger partial charge is 0.240 e. The van der Waals surface area contributed by atoms with E-state index < -0.39 is 10.0 Å². The Hall–Kier alpha value is -1.11. The summed E-state index contributed by atoms with van der Waals surface area (Å²) in [7, 11) is -3.59. The minimum absolute atomic E-state index is 0.0150. The Morgan fingerprint density at radius 3 is 2.65 bits per heavy atom. The molecule has 0 atom stereocenters. The van der Waals surface area contributed by atoms with Crippen LogP contribution in [0.5, 0.6) is 0 Å². The molecule has 1 amide bonds. The highest BCUT2D eigenvalue weighted by atomic mass is 35.5. The number of hydrogen-bond donors (Lipinski definition) is 2. The van der Waals surface area contributed by atoms with Gasteiger partial charge in [0, 0.05) is 24.5 Å². The number of carbonyl (C=O) groups excluding carboxylic acids is 1. The van der Waals surface area contributed by atoms with Crippen molar-refractivity contribution < 1.29 is 13.2 Å². The zero-order valence-electron chi connectivity index (χ0n) is 13.1. The Labute approximate surface area is 142 Å². The van der Waals surface area contributed by atoms with Gasteiger partial charge in [0.2, 0.25) is 15.9 Å². The van der Waals surface area contributed by atoms with E-state index in [0.29, 0.717) is 17.4 Å². The molecule has 1 aliphatic carbocycles. The fourth-order valence-corrected chi connectivity index (χ4v) is 4.16. The van der Waals surface area contributed by atoms with E-state index in [9.17, 15) is 13.2 Å². The molecular weight excluding hydrogens is 336 g/mol. The van der Waals surface area contributed by atoms with E-state index in [-0.39, 0.29) is 23.9 Å². The molecule has 0 radical (unpaired) electrons. The highest BCUT2D eigenvalue weighted by molar-refractivity contribution is 7.89. The van der Waals surface area contributed by atoms with E-state index in [1.165, 1.54) is 37.8 Å². The molecule has 1 saturated carbocycles. The number of amides is 1. The Kier molecular flexibility index (Phi) is 6.87. The van der Waals surface area contributed by atoms with Crippen molar-refractivity contribution in [3.05, 3.63) is 29.3 Å². The second kappa shape index (κ2) is 8.66. The first-order chi connectivity index (χ1) is 11.0. The van der Waals surface area contributed by atoms with Crippen LogP contribution in [-0.4, -0.2) is 27.4 Å². The van der Waals surface area contributed by atoms with E-state index >= 15 is 0 Å². The molecule has 0 heterocycles. The average Bonchev–Trinajstić information content (AvgIpc) is 3.03. The quantitative estimate of drug-likeness (QED) is 0.701. The highest BCUT2D eigenvalue weighted by Gasteiger charge is 2.16.